The summed E-state index contributed by atoms with van der Waals surface area (Å²) in [7, 11) is 0. The van der Waals surface area contributed by atoms with Crippen molar-refractivity contribution >= 4 is 34.1 Å². The summed E-state index contributed by atoms with van der Waals surface area (Å²) in [6, 6.07) is 22.9. The summed E-state index contributed by atoms with van der Waals surface area (Å²) < 4.78 is 6.03. The molecule has 0 bridgehead atoms. The van der Waals surface area contributed by atoms with Crippen molar-refractivity contribution in [1.82, 2.24) is 15.3 Å². The molecule has 0 aliphatic carbocycles. The normalized spacial score (nSPS) is 11.7. The first-order chi connectivity index (χ1) is 18.5. The van der Waals surface area contributed by atoms with Crippen molar-refractivity contribution in [2.45, 2.75) is 18.9 Å². The number of carbonyl (C=O) groups is 1. The molecular formula is C29H23ClN4O4. The molecule has 0 spiro atoms. The lowest BCUT2D eigenvalue weighted by molar-refractivity contribution is -0.384. The molecule has 190 valence electrons. The number of nitrogens with one attached hydrogen (secondary N) is 2. The van der Waals surface area contributed by atoms with E-state index in [0.717, 1.165) is 22.2 Å². The topological polar surface area (TPSA) is 110 Å². The third kappa shape index (κ3) is 5.82. The van der Waals surface area contributed by atoms with Gasteiger partial charge in [0, 0.05) is 65.5 Å². The van der Waals surface area contributed by atoms with Crippen molar-refractivity contribution in [3.05, 3.63) is 129 Å². The van der Waals surface area contributed by atoms with E-state index < -0.39 is 10.8 Å². The van der Waals surface area contributed by atoms with E-state index in [4.69, 9.17) is 16.3 Å². The number of carbonyl (C=O) groups excluding carboxylic acids is 1. The fourth-order valence-corrected chi connectivity index (χ4v) is 4.46. The first kappa shape index (κ1) is 25.0. The Morgan fingerprint density at radius 1 is 1.03 bits per heavy atom. The molecule has 2 N–H and O–H groups in total. The Hall–Kier alpha value is -4.69. The number of nitro groups is 1. The van der Waals surface area contributed by atoms with E-state index in [0.29, 0.717) is 28.5 Å². The molecule has 2 heterocycles. The number of pyridine rings is 1. The van der Waals surface area contributed by atoms with Crippen LogP contribution in [-0.2, 0) is 11.3 Å². The molecule has 0 aliphatic heterocycles. The number of H-pyrrole nitrogens is 1. The minimum Gasteiger partial charge on any atom is -0.457 e. The van der Waals surface area contributed by atoms with Gasteiger partial charge in [0.2, 0.25) is 5.91 Å². The second-order valence-electron chi connectivity index (χ2n) is 8.75. The zero-order chi connectivity index (χ0) is 26.5. The van der Waals surface area contributed by atoms with Gasteiger partial charge in [0.05, 0.1) is 4.92 Å². The van der Waals surface area contributed by atoms with E-state index >= 15 is 0 Å². The number of amides is 1. The molecule has 1 amide bonds. The predicted octanol–water partition coefficient (Wildman–Crippen LogP) is 6.76. The predicted molar refractivity (Wildman–Crippen MR) is 145 cm³/mol. The standard InChI is InChI=1S/C29H23ClN4O4/c30-21-4-7-23(8-5-21)38-24-3-1-2-20(14-24)25(16-29(35)33-17-19-10-12-31-13-11-19)27-18-32-28-9-6-22(34(36)37)15-26(27)28/h1-15,18,25,32H,16-17H2,(H,33,35)/t25-/m0/s1. The van der Waals surface area contributed by atoms with Crippen LogP contribution in [0.5, 0.6) is 11.5 Å². The van der Waals surface area contributed by atoms with Crippen LogP contribution in [0.15, 0.2) is 97.5 Å². The van der Waals surface area contributed by atoms with Gasteiger partial charge < -0.3 is 15.0 Å². The Labute approximate surface area is 223 Å². The summed E-state index contributed by atoms with van der Waals surface area (Å²) in [6.07, 6.45) is 5.29. The SMILES string of the molecule is O=C(C[C@@H](c1cccc(Oc2ccc(Cl)cc2)c1)c1c[nH]c2ccc([N+](=O)[O-])cc12)NCc1ccncc1. The number of benzene rings is 3. The minimum absolute atomic E-state index is 0.0148. The molecule has 8 nitrogen and oxygen atoms in total. The first-order valence-electron chi connectivity index (χ1n) is 11.9. The molecule has 1 atom stereocenters. The molecule has 38 heavy (non-hydrogen) atoms. The highest BCUT2D eigenvalue weighted by atomic mass is 35.5. The molecule has 0 unspecified atom stereocenters. The van der Waals surface area contributed by atoms with Crippen LogP contribution in [0.1, 0.15) is 29.0 Å². The smallest absolute Gasteiger partial charge is 0.270 e. The van der Waals surface area contributed by atoms with Crippen LogP contribution in [0.2, 0.25) is 5.02 Å². The Kier molecular flexibility index (Phi) is 7.33. The second-order valence-corrected chi connectivity index (χ2v) is 9.18. The van der Waals surface area contributed by atoms with Crippen molar-refractivity contribution in [1.29, 1.82) is 0 Å². The number of ether oxygens (including phenoxy) is 1. The van der Waals surface area contributed by atoms with E-state index in [2.05, 4.69) is 15.3 Å². The Balaban J connectivity index is 1.48. The number of hydrogen-bond acceptors (Lipinski definition) is 5. The molecule has 0 saturated carbocycles. The number of aromatic amines is 1. The summed E-state index contributed by atoms with van der Waals surface area (Å²) in [5, 5.41) is 15.7. The lowest BCUT2D eigenvalue weighted by atomic mass is 9.87. The zero-order valence-electron chi connectivity index (χ0n) is 20.1. The van der Waals surface area contributed by atoms with E-state index in [9.17, 15) is 14.9 Å². The second kappa shape index (κ2) is 11.1. The lowest BCUT2D eigenvalue weighted by Crippen LogP contribution is -2.25. The van der Waals surface area contributed by atoms with Crippen LogP contribution >= 0.6 is 11.6 Å². The molecule has 0 fully saturated rings. The van der Waals surface area contributed by atoms with Crippen LogP contribution < -0.4 is 10.1 Å². The number of nitrogens with zero attached hydrogens (tertiary/aromatic N) is 2. The maximum absolute atomic E-state index is 13.1. The van der Waals surface area contributed by atoms with Gasteiger partial charge in [-0.25, -0.2) is 0 Å². The van der Waals surface area contributed by atoms with Crippen molar-refractivity contribution in [2.75, 3.05) is 0 Å². The molecule has 5 aromatic rings. The molecule has 5 rings (SSSR count). The fourth-order valence-electron chi connectivity index (χ4n) is 4.33. The summed E-state index contributed by atoms with van der Waals surface area (Å²) in [5.74, 6) is 0.673. The Morgan fingerprint density at radius 3 is 2.58 bits per heavy atom. The van der Waals surface area contributed by atoms with Gasteiger partial charge in [0.15, 0.2) is 0 Å². The molecule has 0 aliphatic rings. The highest BCUT2D eigenvalue weighted by Crippen LogP contribution is 2.37. The molecule has 9 heteroatoms. The third-order valence-corrected chi connectivity index (χ3v) is 6.47. The van der Waals surface area contributed by atoms with Crippen molar-refractivity contribution in [3.8, 4) is 11.5 Å². The van der Waals surface area contributed by atoms with Gasteiger partial charge in [0.1, 0.15) is 11.5 Å². The van der Waals surface area contributed by atoms with E-state index in [1.165, 1.54) is 12.1 Å². The van der Waals surface area contributed by atoms with Crippen LogP contribution in [0, 0.1) is 10.1 Å². The number of aromatic nitrogens is 2. The maximum Gasteiger partial charge on any atom is 0.270 e. The summed E-state index contributed by atoms with van der Waals surface area (Å²) in [4.78, 5) is 31.4. The van der Waals surface area contributed by atoms with Crippen molar-refractivity contribution in [3.63, 3.8) is 0 Å². The van der Waals surface area contributed by atoms with Gasteiger partial charge in [-0.15, -0.1) is 0 Å². The number of halogens is 1. The van der Waals surface area contributed by atoms with Gasteiger partial charge in [-0.3, -0.25) is 19.9 Å². The van der Waals surface area contributed by atoms with Gasteiger partial charge >= 0.3 is 0 Å². The molecular weight excluding hydrogens is 504 g/mol. The summed E-state index contributed by atoms with van der Waals surface area (Å²) >= 11 is 5.99. The average molecular weight is 527 g/mol. The van der Waals surface area contributed by atoms with Gasteiger partial charge in [-0.05, 0) is 71.3 Å². The molecule has 0 radical (unpaired) electrons. The van der Waals surface area contributed by atoms with Crippen LogP contribution in [-0.4, -0.2) is 20.8 Å². The van der Waals surface area contributed by atoms with Crippen molar-refractivity contribution in [2.24, 2.45) is 0 Å². The van der Waals surface area contributed by atoms with Gasteiger partial charge in [-0.1, -0.05) is 23.7 Å². The van der Waals surface area contributed by atoms with Crippen molar-refractivity contribution < 1.29 is 14.5 Å². The van der Waals surface area contributed by atoms with Crippen LogP contribution in [0.25, 0.3) is 10.9 Å². The van der Waals surface area contributed by atoms with Crippen LogP contribution in [0.3, 0.4) is 0 Å². The number of non-ortho nitro benzene ring substituents is 1. The lowest BCUT2D eigenvalue weighted by Gasteiger charge is -2.18. The molecule has 3 aromatic carbocycles. The highest BCUT2D eigenvalue weighted by molar-refractivity contribution is 6.30. The monoisotopic (exact) mass is 526 g/mol. The van der Waals surface area contributed by atoms with E-state index in [-0.39, 0.29) is 18.0 Å². The van der Waals surface area contributed by atoms with Crippen LogP contribution in [0.4, 0.5) is 5.69 Å². The molecule has 2 aromatic heterocycles. The average Bonchev–Trinajstić information content (AvgIpc) is 3.35. The third-order valence-electron chi connectivity index (χ3n) is 6.22. The largest absolute Gasteiger partial charge is 0.457 e. The number of fused-ring (bicyclic) bond motifs is 1. The summed E-state index contributed by atoms with van der Waals surface area (Å²) in [6.45, 7) is 0.368. The Morgan fingerprint density at radius 2 is 1.82 bits per heavy atom. The van der Waals surface area contributed by atoms with E-state index in [1.54, 1.807) is 42.7 Å². The maximum atomic E-state index is 13.1. The highest BCUT2D eigenvalue weighted by Gasteiger charge is 2.23. The Bertz CT molecular complexity index is 1590. The fraction of sp³-hybridized carbons (Fsp3) is 0.103. The van der Waals surface area contributed by atoms with E-state index in [1.807, 2.05) is 42.6 Å². The number of hydrogen-bond donors (Lipinski definition) is 2. The number of nitro benzene ring substituents is 1. The van der Waals surface area contributed by atoms with Gasteiger partial charge in [0.25, 0.3) is 5.69 Å². The van der Waals surface area contributed by atoms with Gasteiger partial charge in [-0.2, -0.15) is 0 Å². The minimum atomic E-state index is -0.423. The summed E-state index contributed by atoms with van der Waals surface area (Å²) in [5.41, 5.74) is 3.29. The molecule has 0 saturated heterocycles. The number of rotatable bonds is 9. The quantitative estimate of drug-likeness (QED) is 0.163. The first-order valence-corrected chi connectivity index (χ1v) is 12.3. The zero-order valence-corrected chi connectivity index (χ0v) is 20.9.